The van der Waals surface area contributed by atoms with Crippen molar-refractivity contribution < 1.29 is 9.53 Å². The zero-order chi connectivity index (χ0) is 18.7. The van der Waals surface area contributed by atoms with Gasteiger partial charge >= 0.3 is 6.09 Å². The van der Waals surface area contributed by atoms with Gasteiger partial charge in [-0.25, -0.2) is 4.79 Å². The molecule has 0 aliphatic carbocycles. The molecule has 1 N–H and O–H groups in total. The van der Waals surface area contributed by atoms with Crippen molar-refractivity contribution in [3.8, 4) is 0 Å². The lowest BCUT2D eigenvalue weighted by Crippen LogP contribution is -2.40. The first-order valence-corrected chi connectivity index (χ1v) is 8.67. The van der Waals surface area contributed by atoms with E-state index in [0.717, 1.165) is 27.7 Å². The van der Waals surface area contributed by atoms with Gasteiger partial charge in [0.1, 0.15) is 5.60 Å². The molecule has 4 heteroatoms. The maximum absolute atomic E-state index is 12.8. The summed E-state index contributed by atoms with van der Waals surface area (Å²) in [6, 6.07) is 21.8. The van der Waals surface area contributed by atoms with Crippen LogP contribution in [0.3, 0.4) is 0 Å². The predicted molar refractivity (Wildman–Crippen MR) is 107 cm³/mol. The number of carbonyl (C=O) groups is 1. The van der Waals surface area contributed by atoms with Gasteiger partial charge in [-0.05, 0) is 62.7 Å². The van der Waals surface area contributed by atoms with E-state index in [1.54, 1.807) is 0 Å². The number of amides is 1. The molecule has 3 rings (SSSR count). The molecule has 0 fully saturated rings. The number of hydrazine groups is 1. The summed E-state index contributed by atoms with van der Waals surface area (Å²) in [5, 5.41) is 3.63. The second kappa shape index (κ2) is 7.08. The van der Waals surface area contributed by atoms with E-state index >= 15 is 0 Å². The Morgan fingerprint density at radius 3 is 2.23 bits per heavy atom. The smallest absolute Gasteiger partial charge is 0.433 e. The lowest BCUT2D eigenvalue weighted by atomic mass is 10.1. The average Bonchev–Trinajstić information content (AvgIpc) is 2.59. The highest BCUT2D eigenvalue weighted by Crippen LogP contribution is 2.25. The van der Waals surface area contributed by atoms with Gasteiger partial charge in [-0.15, -0.1) is 0 Å². The maximum atomic E-state index is 12.8. The van der Waals surface area contributed by atoms with Crippen LogP contribution in [0.4, 0.5) is 16.2 Å². The van der Waals surface area contributed by atoms with Gasteiger partial charge in [-0.3, -0.25) is 5.43 Å². The largest absolute Gasteiger partial charge is 0.442 e. The Labute approximate surface area is 154 Å². The maximum Gasteiger partial charge on any atom is 0.433 e. The second-order valence-corrected chi connectivity index (χ2v) is 7.33. The Kier molecular flexibility index (Phi) is 4.85. The molecule has 0 aliphatic rings. The number of carbonyl (C=O) groups excluding carboxylic acids is 1. The average molecular weight is 348 g/mol. The van der Waals surface area contributed by atoms with Gasteiger partial charge in [-0.2, -0.15) is 5.01 Å². The van der Waals surface area contributed by atoms with Crippen molar-refractivity contribution in [2.75, 3.05) is 10.4 Å². The second-order valence-electron chi connectivity index (χ2n) is 7.33. The molecular weight excluding hydrogens is 324 g/mol. The third-order valence-corrected chi connectivity index (χ3v) is 3.86. The Morgan fingerprint density at radius 1 is 0.923 bits per heavy atom. The van der Waals surface area contributed by atoms with Crippen LogP contribution in [-0.2, 0) is 4.74 Å². The van der Waals surface area contributed by atoms with E-state index in [9.17, 15) is 4.79 Å². The Hall–Kier alpha value is -3.01. The molecular formula is C22H24N2O2. The summed E-state index contributed by atoms with van der Waals surface area (Å²) >= 11 is 0. The third-order valence-electron chi connectivity index (χ3n) is 3.86. The highest BCUT2D eigenvalue weighted by Gasteiger charge is 2.24. The van der Waals surface area contributed by atoms with Gasteiger partial charge in [0, 0.05) is 0 Å². The molecule has 0 saturated carbocycles. The molecule has 4 nitrogen and oxygen atoms in total. The van der Waals surface area contributed by atoms with Crippen LogP contribution in [-0.4, -0.2) is 11.7 Å². The van der Waals surface area contributed by atoms with Gasteiger partial charge in [-0.1, -0.05) is 48.0 Å². The summed E-state index contributed by atoms with van der Waals surface area (Å²) in [5.41, 5.74) is 5.28. The fourth-order valence-electron chi connectivity index (χ4n) is 2.60. The zero-order valence-corrected chi connectivity index (χ0v) is 15.6. The van der Waals surface area contributed by atoms with E-state index < -0.39 is 11.7 Å². The minimum atomic E-state index is -0.582. The topological polar surface area (TPSA) is 41.6 Å². The number of rotatable bonds is 3. The lowest BCUT2D eigenvalue weighted by molar-refractivity contribution is 0.0589. The van der Waals surface area contributed by atoms with Crippen molar-refractivity contribution >= 4 is 28.2 Å². The van der Waals surface area contributed by atoms with Gasteiger partial charge < -0.3 is 4.74 Å². The van der Waals surface area contributed by atoms with Crippen LogP contribution >= 0.6 is 0 Å². The molecule has 3 aromatic rings. The van der Waals surface area contributed by atoms with Crippen molar-refractivity contribution in [1.29, 1.82) is 0 Å². The fourth-order valence-corrected chi connectivity index (χ4v) is 2.60. The summed E-state index contributed by atoms with van der Waals surface area (Å²) < 4.78 is 5.59. The highest BCUT2D eigenvalue weighted by molar-refractivity contribution is 5.94. The summed E-state index contributed by atoms with van der Waals surface area (Å²) in [5.74, 6) is 0. The number of hydrogen-bond donors (Lipinski definition) is 1. The van der Waals surface area contributed by atoms with Gasteiger partial charge in [0.05, 0.1) is 11.4 Å². The van der Waals surface area contributed by atoms with E-state index in [0.29, 0.717) is 0 Å². The SMILES string of the molecule is Cc1ccc(NN(C(=O)OC(C)(C)C)c2ccc3ccccc3c2)cc1. The molecule has 0 aromatic heterocycles. The Bertz CT molecular complexity index is 911. The fraction of sp³-hybridized carbons (Fsp3) is 0.227. The normalized spacial score (nSPS) is 11.2. The van der Waals surface area contributed by atoms with Crippen LogP contribution in [0.25, 0.3) is 10.8 Å². The molecule has 0 heterocycles. The van der Waals surface area contributed by atoms with Crippen molar-refractivity contribution in [2.24, 2.45) is 0 Å². The minimum absolute atomic E-state index is 0.451. The summed E-state index contributed by atoms with van der Waals surface area (Å²) in [7, 11) is 0. The first-order valence-electron chi connectivity index (χ1n) is 8.67. The number of benzene rings is 3. The summed E-state index contributed by atoms with van der Waals surface area (Å²) in [6.45, 7) is 7.60. The number of fused-ring (bicyclic) bond motifs is 1. The van der Waals surface area contributed by atoms with Gasteiger partial charge in [0.15, 0.2) is 0 Å². The highest BCUT2D eigenvalue weighted by atomic mass is 16.6. The summed E-state index contributed by atoms with van der Waals surface area (Å²) in [6.07, 6.45) is -0.451. The Morgan fingerprint density at radius 2 is 1.58 bits per heavy atom. The number of anilines is 2. The third kappa shape index (κ3) is 4.33. The van der Waals surface area contributed by atoms with E-state index in [2.05, 4.69) is 5.43 Å². The first kappa shape index (κ1) is 17.8. The van der Waals surface area contributed by atoms with Gasteiger partial charge in [0.2, 0.25) is 0 Å². The molecule has 134 valence electrons. The van der Waals surface area contributed by atoms with Crippen LogP contribution in [0.5, 0.6) is 0 Å². The molecule has 1 amide bonds. The molecule has 0 atom stereocenters. The van der Waals surface area contributed by atoms with E-state index in [1.165, 1.54) is 5.01 Å². The van der Waals surface area contributed by atoms with Crippen molar-refractivity contribution in [2.45, 2.75) is 33.3 Å². The molecule has 0 aliphatic heterocycles. The predicted octanol–water partition coefficient (Wildman–Crippen LogP) is 5.92. The molecule has 0 saturated heterocycles. The lowest BCUT2D eigenvalue weighted by Gasteiger charge is -2.28. The quantitative estimate of drug-likeness (QED) is 0.598. The number of nitrogens with one attached hydrogen (secondary N) is 1. The van der Waals surface area contributed by atoms with Crippen LogP contribution in [0, 0.1) is 6.92 Å². The van der Waals surface area contributed by atoms with Crippen LogP contribution < -0.4 is 10.4 Å². The molecule has 0 bridgehead atoms. The number of aryl methyl sites for hydroxylation is 1. The summed E-state index contributed by atoms with van der Waals surface area (Å²) in [4.78, 5) is 12.8. The van der Waals surface area contributed by atoms with Gasteiger partial charge in [0.25, 0.3) is 0 Å². The monoisotopic (exact) mass is 348 g/mol. The van der Waals surface area contributed by atoms with Crippen molar-refractivity contribution in [3.05, 3.63) is 72.3 Å². The van der Waals surface area contributed by atoms with Crippen molar-refractivity contribution in [1.82, 2.24) is 0 Å². The number of ether oxygens (including phenoxy) is 1. The van der Waals surface area contributed by atoms with Crippen molar-refractivity contribution in [3.63, 3.8) is 0 Å². The Balaban J connectivity index is 1.97. The molecule has 26 heavy (non-hydrogen) atoms. The van der Waals surface area contributed by atoms with Crippen LogP contribution in [0.15, 0.2) is 66.7 Å². The standard InChI is InChI=1S/C22H24N2O2/c1-16-9-12-19(13-10-16)23-24(21(25)26-22(2,3)4)20-14-11-17-7-5-6-8-18(17)15-20/h5-15,23H,1-4H3. The molecule has 0 spiro atoms. The van der Waals surface area contributed by atoms with E-state index in [1.807, 2.05) is 94.4 Å². The number of nitrogens with zero attached hydrogens (tertiary/aromatic N) is 1. The van der Waals surface area contributed by atoms with E-state index in [-0.39, 0.29) is 0 Å². The first-order chi connectivity index (χ1) is 12.3. The molecule has 0 radical (unpaired) electrons. The van der Waals surface area contributed by atoms with Crippen LogP contribution in [0.1, 0.15) is 26.3 Å². The van der Waals surface area contributed by atoms with E-state index in [4.69, 9.17) is 4.74 Å². The molecule has 3 aromatic carbocycles. The van der Waals surface area contributed by atoms with Crippen LogP contribution in [0.2, 0.25) is 0 Å². The minimum Gasteiger partial charge on any atom is -0.442 e. The number of hydrogen-bond acceptors (Lipinski definition) is 3. The molecule has 0 unspecified atom stereocenters. The zero-order valence-electron chi connectivity index (χ0n) is 15.6.